The van der Waals surface area contributed by atoms with Gasteiger partial charge in [-0.3, -0.25) is 4.90 Å². The van der Waals surface area contributed by atoms with Crippen molar-refractivity contribution in [2.75, 3.05) is 32.1 Å². The smallest absolute Gasteiger partial charge is 0.748 e. The van der Waals surface area contributed by atoms with E-state index >= 15 is 0 Å². The molecule has 0 saturated carbocycles. The van der Waals surface area contributed by atoms with Crippen LogP contribution in [0.5, 0.6) is 0 Å². The monoisotopic (exact) mass is 385 g/mol. The van der Waals surface area contributed by atoms with Gasteiger partial charge >= 0.3 is 29.6 Å². The van der Waals surface area contributed by atoms with E-state index in [0.29, 0.717) is 19.6 Å². The van der Waals surface area contributed by atoms with E-state index in [-0.39, 0.29) is 41.4 Å². The van der Waals surface area contributed by atoms with E-state index in [2.05, 4.69) is 11.8 Å². The van der Waals surface area contributed by atoms with Crippen LogP contribution in [-0.2, 0) is 14.9 Å². The number of unbranched alkanes of at least 4 members (excludes halogenated alkanes) is 8. The van der Waals surface area contributed by atoms with Crippen molar-refractivity contribution in [1.82, 2.24) is 4.90 Å². The van der Waals surface area contributed by atoms with E-state index in [1.165, 1.54) is 51.4 Å². The van der Waals surface area contributed by atoms with Crippen LogP contribution in [-0.4, -0.2) is 56.0 Å². The van der Waals surface area contributed by atoms with Gasteiger partial charge in [0.15, 0.2) is 0 Å². The minimum absolute atomic E-state index is 0. The van der Waals surface area contributed by atoms with Gasteiger partial charge in [-0.25, -0.2) is 8.42 Å². The maximum absolute atomic E-state index is 10.9. The van der Waals surface area contributed by atoms with Gasteiger partial charge in [0.1, 0.15) is 0 Å². The average Bonchev–Trinajstić information content (AvgIpc) is 2.56. The molecule has 1 heterocycles. The largest absolute Gasteiger partial charge is 1.00 e. The first-order chi connectivity index (χ1) is 11.5. The minimum Gasteiger partial charge on any atom is -0.748 e. The van der Waals surface area contributed by atoms with Crippen LogP contribution in [0.25, 0.3) is 0 Å². The van der Waals surface area contributed by atoms with Crippen LogP contribution < -0.4 is 29.6 Å². The van der Waals surface area contributed by atoms with Crippen molar-refractivity contribution in [3.8, 4) is 0 Å². The molecule has 0 aliphatic carbocycles. The molecule has 1 aliphatic rings. The summed E-state index contributed by atoms with van der Waals surface area (Å²) in [7, 11) is -4.12. The number of ether oxygens (including phenoxy) is 1. The molecule has 0 amide bonds. The number of rotatable bonds is 14. The zero-order valence-corrected chi connectivity index (χ0v) is 19.2. The number of hydrogen-bond acceptors (Lipinski definition) is 5. The Kier molecular flexibility index (Phi) is 16.4. The Bertz CT molecular complexity index is 400. The molecule has 0 spiro atoms. The molecule has 5 nitrogen and oxygen atoms in total. The second kappa shape index (κ2) is 15.8. The van der Waals surface area contributed by atoms with Crippen molar-refractivity contribution in [1.29, 1.82) is 0 Å². The summed E-state index contributed by atoms with van der Waals surface area (Å²) in [6, 6.07) is 0.210. The first-order valence-corrected chi connectivity index (χ1v) is 11.4. The predicted molar refractivity (Wildman–Crippen MR) is 97.2 cm³/mol. The van der Waals surface area contributed by atoms with Crippen molar-refractivity contribution >= 4 is 10.1 Å². The van der Waals surface area contributed by atoms with Crippen LogP contribution in [0.1, 0.15) is 77.6 Å². The first-order valence-electron chi connectivity index (χ1n) is 9.78. The Balaban J connectivity index is 0.00000576. The molecule has 144 valence electrons. The molecule has 1 unspecified atom stereocenters. The third-order valence-electron chi connectivity index (χ3n) is 4.90. The summed E-state index contributed by atoms with van der Waals surface area (Å²) < 4.78 is 38.2. The molecule has 1 rings (SSSR count). The van der Waals surface area contributed by atoms with Gasteiger partial charge in [0, 0.05) is 24.9 Å². The summed E-state index contributed by atoms with van der Waals surface area (Å²) in [4.78, 5) is 2.30. The number of hydrogen-bond donors (Lipinski definition) is 0. The van der Waals surface area contributed by atoms with E-state index in [1.807, 2.05) is 0 Å². The molecule has 0 bridgehead atoms. The molecule has 1 aliphatic heterocycles. The summed E-state index contributed by atoms with van der Waals surface area (Å²) in [6.45, 7) is 5.35. The van der Waals surface area contributed by atoms with Crippen LogP contribution in [0.4, 0.5) is 0 Å². The van der Waals surface area contributed by atoms with Crippen LogP contribution in [0.2, 0.25) is 0 Å². The van der Waals surface area contributed by atoms with Crippen molar-refractivity contribution < 1.29 is 47.3 Å². The van der Waals surface area contributed by atoms with E-state index in [9.17, 15) is 13.0 Å². The SMILES string of the molecule is CCCCCCCCCCCC(CCS(=O)(=O)[O-])N1CCOCC1.[Na+]. The summed E-state index contributed by atoms with van der Waals surface area (Å²) in [5, 5.41) is 0. The van der Waals surface area contributed by atoms with Gasteiger partial charge in [-0.05, 0) is 12.8 Å². The van der Waals surface area contributed by atoms with E-state index in [4.69, 9.17) is 4.74 Å². The van der Waals surface area contributed by atoms with Crippen molar-refractivity contribution in [2.24, 2.45) is 0 Å². The fourth-order valence-electron chi connectivity index (χ4n) is 3.42. The van der Waals surface area contributed by atoms with Crippen molar-refractivity contribution in [2.45, 2.75) is 83.6 Å². The van der Waals surface area contributed by atoms with Crippen LogP contribution in [0, 0.1) is 0 Å². The van der Waals surface area contributed by atoms with Crippen LogP contribution in [0.15, 0.2) is 0 Å². The zero-order valence-electron chi connectivity index (χ0n) is 16.4. The van der Waals surface area contributed by atoms with E-state index in [0.717, 1.165) is 25.9 Å². The Morgan fingerprint density at radius 1 is 0.920 bits per heavy atom. The second-order valence-electron chi connectivity index (χ2n) is 6.97. The molecule has 0 N–H and O–H groups in total. The molecule has 1 saturated heterocycles. The zero-order chi connectivity index (χ0) is 17.7. The van der Waals surface area contributed by atoms with Crippen molar-refractivity contribution in [3.05, 3.63) is 0 Å². The topological polar surface area (TPSA) is 69.7 Å². The summed E-state index contributed by atoms with van der Waals surface area (Å²) in [6.07, 6.45) is 13.0. The van der Waals surface area contributed by atoms with Gasteiger partial charge in [0.2, 0.25) is 0 Å². The van der Waals surface area contributed by atoms with Crippen molar-refractivity contribution in [3.63, 3.8) is 0 Å². The van der Waals surface area contributed by atoms with Crippen LogP contribution in [0.3, 0.4) is 0 Å². The Labute approximate surface area is 177 Å². The minimum atomic E-state index is -4.12. The molecular formula is C18H36NNaO4S. The maximum Gasteiger partial charge on any atom is 1.00 e. The second-order valence-corrected chi connectivity index (χ2v) is 8.49. The van der Waals surface area contributed by atoms with Gasteiger partial charge < -0.3 is 9.29 Å². The molecule has 1 atom stereocenters. The quantitative estimate of drug-likeness (QED) is 0.248. The standard InChI is InChI=1S/C18H37NO4S.Na/c1-2-3-4-5-6-7-8-9-10-11-18(12-17-24(20,21)22)19-13-15-23-16-14-19;/h18H,2-17H2,1H3,(H,20,21,22);/q;+1/p-1. The average molecular weight is 386 g/mol. The normalized spacial score (nSPS) is 17.2. The maximum atomic E-state index is 10.9. The summed E-state index contributed by atoms with van der Waals surface area (Å²) in [5.41, 5.74) is 0. The third-order valence-corrected chi connectivity index (χ3v) is 5.64. The fraction of sp³-hybridized carbons (Fsp3) is 1.00. The molecular weight excluding hydrogens is 349 g/mol. The third kappa shape index (κ3) is 14.5. The van der Waals surface area contributed by atoms with Crippen LogP contribution >= 0.6 is 0 Å². The molecule has 1 fully saturated rings. The molecule has 0 aromatic heterocycles. The van der Waals surface area contributed by atoms with Gasteiger partial charge in [-0.15, -0.1) is 0 Å². The summed E-state index contributed by atoms with van der Waals surface area (Å²) in [5.74, 6) is -0.244. The summed E-state index contributed by atoms with van der Waals surface area (Å²) >= 11 is 0. The Morgan fingerprint density at radius 2 is 1.44 bits per heavy atom. The fourth-order valence-corrected chi connectivity index (χ4v) is 3.98. The van der Waals surface area contributed by atoms with Gasteiger partial charge in [0.25, 0.3) is 0 Å². The van der Waals surface area contributed by atoms with E-state index < -0.39 is 10.1 Å². The molecule has 0 radical (unpaired) electrons. The predicted octanol–water partition coefficient (Wildman–Crippen LogP) is 0.547. The number of nitrogens with zero attached hydrogens (tertiary/aromatic N) is 1. The van der Waals surface area contributed by atoms with Gasteiger partial charge in [-0.2, -0.15) is 0 Å². The molecule has 25 heavy (non-hydrogen) atoms. The Hall–Kier alpha value is 0.830. The Morgan fingerprint density at radius 3 is 1.96 bits per heavy atom. The first kappa shape index (κ1) is 25.8. The van der Waals surface area contributed by atoms with E-state index in [1.54, 1.807) is 0 Å². The molecule has 0 aromatic rings. The van der Waals surface area contributed by atoms with Gasteiger partial charge in [0.05, 0.1) is 23.3 Å². The molecule has 7 heteroatoms. The molecule has 0 aromatic carbocycles. The number of morpholine rings is 1. The van der Waals surface area contributed by atoms with Gasteiger partial charge in [-0.1, -0.05) is 64.7 Å².